The van der Waals surface area contributed by atoms with Crippen LogP contribution < -0.4 is 0 Å². The van der Waals surface area contributed by atoms with Gasteiger partial charge in [-0.1, -0.05) is 6.92 Å². The number of esters is 3. The van der Waals surface area contributed by atoms with E-state index in [2.05, 4.69) is 0 Å². The van der Waals surface area contributed by atoms with Gasteiger partial charge in [-0.3, -0.25) is 14.1 Å². The lowest BCUT2D eigenvalue weighted by Crippen LogP contribution is -2.60. The van der Waals surface area contributed by atoms with Crippen LogP contribution in [0.3, 0.4) is 0 Å². The molecule has 0 aromatic heterocycles. The van der Waals surface area contributed by atoms with E-state index in [1.54, 1.807) is 0 Å². The lowest BCUT2D eigenvalue weighted by Gasteiger charge is -2.60. The van der Waals surface area contributed by atoms with E-state index < -0.39 is 68.3 Å². The number of hydrogen-bond donors (Lipinski definition) is 1. The first-order valence-electron chi connectivity index (χ1n) is 12.3. The van der Waals surface area contributed by atoms with Gasteiger partial charge in [-0.2, -0.15) is 17.2 Å². The second kappa shape index (κ2) is 7.14. The van der Waals surface area contributed by atoms with Gasteiger partial charge in [0, 0.05) is 6.42 Å². The summed E-state index contributed by atoms with van der Waals surface area (Å²) in [5, 5.41) is -5.21. The van der Waals surface area contributed by atoms with Crippen molar-refractivity contribution in [1.29, 1.82) is 0 Å². The molecule has 6 bridgehead atoms. The molecule has 5 unspecified atom stereocenters. The summed E-state index contributed by atoms with van der Waals surface area (Å²) in [7, 11) is -6.07. The fourth-order valence-electron chi connectivity index (χ4n) is 8.86. The van der Waals surface area contributed by atoms with Crippen molar-refractivity contribution in [2.45, 2.75) is 74.9 Å². The third-order valence-electron chi connectivity index (χ3n) is 10.0. The maximum atomic E-state index is 13.8. The van der Waals surface area contributed by atoms with Crippen LogP contribution in [0.2, 0.25) is 0 Å². The Labute approximate surface area is 201 Å². The minimum absolute atomic E-state index is 0.205. The molecular formula is C23H28F2O9S. The SMILES string of the molecule is CCC1(OC(=O)C2C3CC4C2C(=O)OC4(OC(=O)C(F)(F)S(=O)(=O)O)C3)C2CC3CC(C2)CC1C3. The molecule has 1 saturated heterocycles. The third-order valence-corrected chi connectivity index (χ3v) is 10.8. The van der Waals surface area contributed by atoms with Gasteiger partial charge in [0.25, 0.3) is 5.79 Å². The van der Waals surface area contributed by atoms with E-state index in [0.29, 0.717) is 30.1 Å². The Hall–Kier alpha value is -1.82. The van der Waals surface area contributed by atoms with Gasteiger partial charge in [-0.15, -0.1) is 0 Å². The zero-order chi connectivity index (χ0) is 25.1. The molecule has 35 heavy (non-hydrogen) atoms. The first-order valence-corrected chi connectivity index (χ1v) is 13.8. The Morgan fingerprint density at radius 1 is 1.09 bits per heavy atom. The molecule has 1 heterocycles. The molecule has 0 aromatic carbocycles. The van der Waals surface area contributed by atoms with Gasteiger partial charge in [0.05, 0.1) is 17.8 Å². The molecule has 9 nitrogen and oxygen atoms in total. The first-order chi connectivity index (χ1) is 16.3. The number of fused-ring (bicyclic) bond motifs is 1. The number of carbonyl (C=O) groups is 3. The highest BCUT2D eigenvalue weighted by atomic mass is 32.2. The van der Waals surface area contributed by atoms with Crippen molar-refractivity contribution in [1.82, 2.24) is 0 Å². The molecule has 194 valence electrons. The van der Waals surface area contributed by atoms with Crippen molar-refractivity contribution in [2.24, 2.45) is 47.3 Å². The van der Waals surface area contributed by atoms with Crippen LogP contribution in [-0.4, -0.2) is 47.5 Å². The normalized spacial score (nSPS) is 47.1. The fourth-order valence-corrected chi connectivity index (χ4v) is 9.11. The maximum Gasteiger partial charge on any atom is 0.465 e. The minimum Gasteiger partial charge on any atom is -0.458 e. The van der Waals surface area contributed by atoms with E-state index in [1.807, 2.05) is 6.92 Å². The average Bonchev–Trinajstić information content (AvgIpc) is 3.35. The molecular weight excluding hydrogens is 490 g/mol. The second-order valence-corrected chi connectivity index (χ2v) is 13.0. The predicted molar refractivity (Wildman–Crippen MR) is 111 cm³/mol. The summed E-state index contributed by atoms with van der Waals surface area (Å²) >= 11 is 0. The van der Waals surface area contributed by atoms with Crippen molar-refractivity contribution >= 4 is 28.0 Å². The maximum absolute atomic E-state index is 13.8. The second-order valence-electron chi connectivity index (χ2n) is 11.5. The van der Waals surface area contributed by atoms with Crippen molar-refractivity contribution < 1.29 is 50.3 Å². The molecule has 5 atom stereocenters. The number of halogens is 2. The van der Waals surface area contributed by atoms with Gasteiger partial charge in [0.15, 0.2) is 0 Å². The molecule has 1 aliphatic heterocycles. The van der Waals surface area contributed by atoms with Crippen LogP contribution in [0, 0.1) is 47.3 Å². The largest absolute Gasteiger partial charge is 0.465 e. The quantitative estimate of drug-likeness (QED) is 0.416. The standard InChI is InChI=1S/C23H28F2O9S/c1-2-21(13-4-10-3-11(6-13)7-14(21)5-10)32-18(26)16-12-8-15-17(16)19(27)33-22(15,9-12)34-20(28)23(24,25)35(29,30)31/h10-17H,2-9H2,1H3,(H,29,30,31). The van der Waals surface area contributed by atoms with Crippen LogP contribution in [0.5, 0.6) is 0 Å². The van der Waals surface area contributed by atoms with E-state index >= 15 is 0 Å². The highest BCUT2D eigenvalue weighted by Crippen LogP contribution is 2.65. The zero-order valence-electron chi connectivity index (χ0n) is 19.2. The Bertz CT molecular complexity index is 1080. The van der Waals surface area contributed by atoms with Crippen LogP contribution >= 0.6 is 0 Å². The lowest BCUT2D eigenvalue weighted by atomic mass is 9.49. The van der Waals surface area contributed by atoms with E-state index in [1.165, 1.54) is 6.42 Å². The Morgan fingerprint density at radius 3 is 2.23 bits per heavy atom. The first kappa shape index (κ1) is 23.6. The van der Waals surface area contributed by atoms with Crippen LogP contribution in [0.1, 0.15) is 58.3 Å². The topological polar surface area (TPSA) is 133 Å². The monoisotopic (exact) mass is 518 g/mol. The van der Waals surface area contributed by atoms with Crippen LogP contribution in [-0.2, 0) is 38.7 Å². The molecule has 0 spiro atoms. The van der Waals surface area contributed by atoms with Crippen molar-refractivity contribution in [2.75, 3.05) is 0 Å². The fraction of sp³-hybridized carbons (Fsp3) is 0.870. The molecule has 12 heteroatoms. The molecule has 7 aliphatic rings. The van der Waals surface area contributed by atoms with Crippen LogP contribution in [0.25, 0.3) is 0 Å². The summed E-state index contributed by atoms with van der Waals surface area (Å²) in [5.74, 6) is -7.18. The highest BCUT2D eigenvalue weighted by Gasteiger charge is 2.75. The number of alkyl halides is 2. The van der Waals surface area contributed by atoms with Crippen molar-refractivity contribution in [3.05, 3.63) is 0 Å². The van der Waals surface area contributed by atoms with Gasteiger partial charge >= 0.3 is 33.3 Å². The lowest BCUT2D eigenvalue weighted by molar-refractivity contribution is -0.235. The van der Waals surface area contributed by atoms with Crippen molar-refractivity contribution in [3.8, 4) is 0 Å². The number of rotatable bonds is 6. The number of carbonyl (C=O) groups excluding carboxylic acids is 3. The minimum atomic E-state index is -6.07. The molecule has 1 N–H and O–H groups in total. The summed E-state index contributed by atoms with van der Waals surface area (Å²) in [5.41, 5.74) is -0.560. The summed E-state index contributed by atoms with van der Waals surface area (Å²) in [6, 6.07) is 0. The summed E-state index contributed by atoms with van der Waals surface area (Å²) in [6.45, 7) is 2.03. The van der Waals surface area contributed by atoms with E-state index in [-0.39, 0.29) is 12.8 Å². The van der Waals surface area contributed by atoms with Gasteiger partial charge in [0.1, 0.15) is 5.60 Å². The Kier molecular flexibility index (Phi) is 4.81. The summed E-state index contributed by atoms with van der Waals surface area (Å²) in [6.07, 6.45) is 6.11. The molecule has 0 aromatic rings. The molecule has 6 aliphatic carbocycles. The molecule has 0 radical (unpaired) electrons. The Balaban J connectivity index is 1.22. The molecule has 0 amide bonds. The van der Waals surface area contributed by atoms with Crippen molar-refractivity contribution in [3.63, 3.8) is 0 Å². The average molecular weight is 519 g/mol. The number of ether oxygens (including phenoxy) is 3. The molecule has 7 fully saturated rings. The van der Waals surface area contributed by atoms with Crippen LogP contribution in [0.15, 0.2) is 0 Å². The Morgan fingerprint density at radius 2 is 1.69 bits per heavy atom. The zero-order valence-corrected chi connectivity index (χ0v) is 20.0. The van der Waals surface area contributed by atoms with Gasteiger partial charge in [0.2, 0.25) is 0 Å². The highest BCUT2D eigenvalue weighted by molar-refractivity contribution is 7.87. The number of hydrogen-bond acceptors (Lipinski definition) is 8. The molecule has 6 saturated carbocycles. The summed E-state index contributed by atoms with van der Waals surface area (Å²) < 4.78 is 74.5. The van der Waals surface area contributed by atoms with Gasteiger partial charge in [-0.05, 0) is 74.5 Å². The van der Waals surface area contributed by atoms with E-state index in [0.717, 1.165) is 25.7 Å². The predicted octanol–water partition coefficient (Wildman–Crippen LogP) is 2.68. The van der Waals surface area contributed by atoms with E-state index in [9.17, 15) is 31.6 Å². The van der Waals surface area contributed by atoms with Crippen LogP contribution in [0.4, 0.5) is 8.78 Å². The van der Waals surface area contributed by atoms with Gasteiger partial charge < -0.3 is 14.2 Å². The molecule has 7 rings (SSSR count). The smallest absolute Gasteiger partial charge is 0.458 e. The third kappa shape index (κ3) is 3.04. The summed E-state index contributed by atoms with van der Waals surface area (Å²) in [4.78, 5) is 38.3. The van der Waals surface area contributed by atoms with Gasteiger partial charge in [-0.25, -0.2) is 4.79 Å². The van der Waals surface area contributed by atoms with E-state index in [4.69, 9.17) is 18.8 Å².